The van der Waals surface area contributed by atoms with Crippen molar-refractivity contribution in [3.63, 3.8) is 0 Å². The lowest BCUT2D eigenvalue weighted by molar-refractivity contribution is -0.139. The molecule has 0 amide bonds. The molecule has 0 spiro atoms. The van der Waals surface area contributed by atoms with Gasteiger partial charge in [-0.2, -0.15) is 0 Å². The summed E-state index contributed by atoms with van der Waals surface area (Å²) in [7, 11) is 0. The summed E-state index contributed by atoms with van der Waals surface area (Å²) in [5.74, 6) is -0.306. The minimum Gasteiger partial charge on any atom is -0.507 e. The molecule has 168 valence electrons. The highest BCUT2D eigenvalue weighted by molar-refractivity contribution is 5.83. The minimum atomic E-state index is -1.02. The molecule has 0 bridgehead atoms. The zero-order valence-electron chi connectivity index (χ0n) is 17.9. The van der Waals surface area contributed by atoms with Gasteiger partial charge in [0.1, 0.15) is 28.9 Å². The lowest BCUT2D eigenvalue weighted by Gasteiger charge is -2.16. The van der Waals surface area contributed by atoms with E-state index >= 15 is 0 Å². The molecule has 1 aromatic heterocycles. The lowest BCUT2D eigenvalue weighted by atomic mass is 10.0. The SMILES string of the molecule is Cc1oc2c(CNC(Cc3ccccc3)C(=O)O)c(O)ccc2c(=O)c1Oc1ccccc1. The number of phenolic OH excluding ortho intramolecular Hbond substituents is 1. The Bertz CT molecular complexity index is 1330. The second-order valence-corrected chi connectivity index (χ2v) is 7.63. The van der Waals surface area contributed by atoms with Crippen molar-refractivity contribution in [2.45, 2.75) is 25.9 Å². The number of carbonyl (C=O) groups is 1. The van der Waals surface area contributed by atoms with E-state index in [1.54, 1.807) is 31.2 Å². The molecule has 0 aliphatic rings. The van der Waals surface area contributed by atoms with Crippen LogP contribution in [-0.4, -0.2) is 22.2 Å². The summed E-state index contributed by atoms with van der Waals surface area (Å²) >= 11 is 0. The molecule has 1 unspecified atom stereocenters. The first-order valence-corrected chi connectivity index (χ1v) is 10.5. The summed E-state index contributed by atoms with van der Waals surface area (Å²) in [6.45, 7) is 1.60. The average Bonchev–Trinajstić information content (AvgIpc) is 2.81. The van der Waals surface area contributed by atoms with E-state index in [-0.39, 0.29) is 46.6 Å². The van der Waals surface area contributed by atoms with E-state index < -0.39 is 12.0 Å². The Labute approximate surface area is 189 Å². The summed E-state index contributed by atoms with van der Waals surface area (Å²) in [6, 6.07) is 20.1. The van der Waals surface area contributed by atoms with Gasteiger partial charge in [0.15, 0.2) is 0 Å². The maximum absolute atomic E-state index is 13.1. The highest BCUT2D eigenvalue weighted by Crippen LogP contribution is 2.30. The highest BCUT2D eigenvalue weighted by Gasteiger charge is 2.22. The number of aliphatic carboxylic acids is 1. The molecule has 0 radical (unpaired) electrons. The predicted octanol–water partition coefficient (Wildman–Crippen LogP) is 4.38. The van der Waals surface area contributed by atoms with E-state index in [0.29, 0.717) is 11.3 Å². The summed E-state index contributed by atoms with van der Waals surface area (Å²) in [5.41, 5.74) is 0.982. The maximum Gasteiger partial charge on any atom is 0.321 e. The van der Waals surface area contributed by atoms with Gasteiger partial charge in [-0.25, -0.2) is 0 Å². The molecule has 1 heterocycles. The van der Waals surface area contributed by atoms with Gasteiger partial charge in [-0.15, -0.1) is 0 Å². The van der Waals surface area contributed by atoms with Gasteiger partial charge in [-0.3, -0.25) is 14.9 Å². The van der Waals surface area contributed by atoms with Gasteiger partial charge in [0, 0.05) is 6.54 Å². The Kier molecular flexibility index (Phi) is 6.42. The molecule has 7 nitrogen and oxygen atoms in total. The third-order valence-electron chi connectivity index (χ3n) is 5.33. The number of hydrogen-bond acceptors (Lipinski definition) is 6. The van der Waals surface area contributed by atoms with Crippen molar-refractivity contribution in [3.8, 4) is 17.2 Å². The number of aromatic hydroxyl groups is 1. The summed E-state index contributed by atoms with van der Waals surface area (Å²) in [4.78, 5) is 24.9. The zero-order valence-corrected chi connectivity index (χ0v) is 17.9. The number of hydrogen-bond donors (Lipinski definition) is 3. The van der Waals surface area contributed by atoms with Crippen LogP contribution in [0.5, 0.6) is 17.2 Å². The fourth-order valence-corrected chi connectivity index (χ4v) is 3.61. The van der Waals surface area contributed by atoms with E-state index in [2.05, 4.69) is 5.32 Å². The number of fused-ring (bicyclic) bond motifs is 1. The number of carboxylic acids is 1. The molecule has 4 aromatic rings. The fraction of sp³-hybridized carbons (Fsp3) is 0.154. The number of benzene rings is 3. The molecule has 0 saturated carbocycles. The summed E-state index contributed by atoms with van der Waals surface area (Å²) in [5, 5.41) is 23.3. The van der Waals surface area contributed by atoms with Crippen LogP contribution in [0.25, 0.3) is 11.0 Å². The quantitative estimate of drug-likeness (QED) is 0.369. The first-order valence-electron chi connectivity index (χ1n) is 10.5. The number of phenols is 1. The first-order chi connectivity index (χ1) is 15.9. The van der Waals surface area contributed by atoms with Crippen molar-refractivity contribution in [1.82, 2.24) is 5.32 Å². The van der Waals surface area contributed by atoms with Crippen LogP contribution in [0.15, 0.2) is 82.0 Å². The molecule has 3 N–H and O–H groups in total. The predicted molar refractivity (Wildman–Crippen MR) is 124 cm³/mol. The Morgan fingerprint density at radius 1 is 1.03 bits per heavy atom. The molecule has 33 heavy (non-hydrogen) atoms. The van der Waals surface area contributed by atoms with Crippen molar-refractivity contribution >= 4 is 16.9 Å². The van der Waals surface area contributed by atoms with Crippen LogP contribution in [0.2, 0.25) is 0 Å². The van der Waals surface area contributed by atoms with Gasteiger partial charge in [0.05, 0.1) is 10.9 Å². The summed E-state index contributed by atoms with van der Waals surface area (Å²) < 4.78 is 11.6. The second-order valence-electron chi connectivity index (χ2n) is 7.63. The Hall–Kier alpha value is -4.10. The third-order valence-corrected chi connectivity index (χ3v) is 5.33. The third kappa shape index (κ3) is 4.88. The molecule has 7 heteroatoms. The van der Waals surface area contributed by atoms with Crippen molar-refractivity contribution in [3.05, 3.63) is 99.9 Å². The van der Waals surface area contributed by atoms with Crippen LogP contribution in [0.3, 0.4) is 0 Å². The van der Waals surface area contributed by atoms with Gasteiger partial charge in [0.25, 0.3) is 0 Å². The van der Waals surface area contributed by atoms with Gasteiger partial charge >= 0.3 is 5.97 Å². The number of nitrogens with one attached hydrogen (secondary N) is 1. The molecule has 4 rings (SSSR count). The number of aryl methyl sites for hydroxylation is 1. The molecule has 0 aliphatic heterocycles. The zero-order chi connectivity index (χ0) is 23.4. The van der Waals surface area contributed by atoms with Crippen LogP contribution in [-0.2, 0) is 17.8 Å². The normalized spacial score (nSPS) is 11.9. The van der Waals surface area contributed by atoms with E-state index in [4.69, 9.17) is 9.15 Å². The van der Waals surface area contributed by atoms with Crippen LogP contribution in [0.4, 0.5) is 0 Å². The average molecular weight is 445 g/mol. The molecule has 3 aromatic carbocycles. The van der Waals surface area contributed by atoms with E-state index in [1.165, 1.54) is 12.1 Å². The van der Waals surface area contributed by atoms with E-state index in [0.717, 1.165) is 5.56 Å². The lowest BCUT2D eigenvalue weighted by Crippen LogP contribution is -2.38. The molecule has 1 atom stereocenters. The second kappa shape index (κ2) is 9.58. The Balaban J connectivity index is 1.65. The number of carboxylic acid groups (broad SMARTS) is 1. The first kappa shape index (κ1) is 22.1. The summed E-state index contributed by atoms with van der Waals surface area (Å²) in [6.07, 6.45) is 0.264. The molecular weight excluding hydrogens is 422 g/mol. The Morgan fingerprint density at radius 3 is 2.36 bits per heavy atom. The van der Waals surface area contributed by atoms with Crippen molar-refractivity contribution in [2.75, 3.05) is 0 Å². The molecular formula is C26H23NO6. The highest BCUT2D eigenvalue weighted by atomic mass is 16.5. The van der Waals surface area contributed by atoms with Crippen molar-refractivity contribution < 1.29 is 24.2 Å². The number of rotatable bonds is 8. The molecule has 0 aliphatic carbocycles. The number of ether oxygens (including phenoxy) is 1. The van der Waals surface area contributed by atoms with Crippen LogP contribution in [0, 0.1) is 6.92 Å². The standard InChI is InChI=1S/C26H23NO6/c1-16-24(33-18-10-6-3-7-11-18)23(29)19-12-13-22(28)20(25(19)32-16)15-27-21(26(30)31)14-17-8-4-2-5-9-17/h2-13,21,27-28H,14-15H2,1H3,(H,30,31). The van der Waals surface area contributed by atoms with Gasteiger partial charge in [0.2, 0.25) is 11.2 Å². The van der Waals surface area contributed by atoms with Gasteiger partial charge in [-0.1, -0.05) is 48.5 Å². The largest absolute Gasteiger partial charge is 0.507 e. The van der Waals surface area contributed by atoms with Gasteiger partial charge < -0.3 is 19.4 Å². The number of para-hydroxylation sites is 1. The van der Waals surface area contributed by atoms with Gasteiger partial charge in [-0.05, 0) is 43.2 Å². The fourth-order valence-electron chi connectivity index (χ4n) is 3.61. The van der Waals surface area contributed by atoms with E-state index in [1.807, 2.05) is 36.4 Å². The van der Waals surface area contributed by atoms with Crippen molar-refractivity contribution in [2.24, 2.45) is 0 Å². The monoisotopic (exact) mass is 445 g/mol. The van der Waals surface area contributed by atoms with Crippen molar-refractivity contribution in [1.29, 1.82) is 0 Å². The topological polar surface area (TPSA) is 109 Å². The van der Waals surface area contributed by atoms with Crippen LogP contribution in [0.1, 0.15) is 16.9 Å². The molecule has 0 saturated heterocycles. The smallest absolute Gasteiger partial charge is 0.321 e. The maximum atomic E-state index is 13.1. The van der Waals surface area contributed by atoms with Crippen LogP contribution >= 0.6 is 0 Å². The molecule has 0 fully saturated rings. The van der Waals surface area contributed by atoms with E-state index in [9.17, 15) is 19.8 Å². The Morgan fingerprint density at radius 2 is 1.70 bits per heavy atom. The minimum absolute atomic E-state index is 0.00571. The van der Waals surface area contributed by atoms with Crippen LogP contribution < -0.4 is 15.5 Å².